The van der Waals surface area contributed by atoms with Crippen molar-refractivity contribution >= 4 is 33.4 Å². The van der Waals surface area contributed by atoms with E-state index in [-0.39, 0.29) is 25.0 Å². The summed E-state index contributed by atoms with van der Waals surface area (Å²) in [6.45, 7) is 5.72. The van der Waals surface area contributed by atoms with E-state index in [1.54, 1.807) is 0 Å². The summed E-state index contributed by atoms with van der Waals surface area (Å²) in [6.07, 6.45) is 6.13. The average Bonchev–Trinajstić information content (AvgIpc) is 2.98. The quantitative estimate of drug-likeness (QED) is 0.242. The first-order valence-corrected chi connectivity index (χ1v) is 14.1. The van der Waals surface area contributed by atoms with E-state index in [2.05, 4.69) is 17.2 Å². The van der Waals surface area contributed by atoms with Crippen LogP contribution in [0.5, 0.6) is 11.5 Å². The minimum atomic E-state index is -0.140. The Hall–Kier alpha value is -4.32. The van der Waals surface area contributed by atoms with Crippen LogP contribution in [0, 0.1) is 0 Å². The minimum absolute atomic E-state index is 0.140. The number of hydrogen-bond donors (Lipinski definition) is 2. The van der Waals surface area contributed by atoms with Gasteiger partial charge in [-0.2, -0.15) is 0 Å². The third-order valence-corrected chi connectivity index (χ3v) is 7.22. The highest BCUT2D eigenvalue weighted by Crippen LogP contribution is 2.28. The molecule has 0 saturated carbocycles. The van der Waals surface area contributed by atoms with Gasteiger partial charge in [-0.3, -0.25) is 9.59 Å². The van der Waals surface area contributed by atoms with Crippen LogP contribution in [0.15, 0.2) is 84.9 Å². The number of ether oxygens (including phenoxy) is 2. The third kappa shape index (κ3) is 6.81. The smallest absolute Gasteiger partial charge is 0.255 e. The van der Waals surface area contributed by atoms with E-state index in [1.165, 1.54) is 0 Å². The molecule has 1 aliphatic heterocycles. The minimum Gasteiger partial charge on any atom is -0.488 e. The zero-order valence-electron chi connectivity index (χ0n) is 22.8. The number of amides is 2. The highest BCUT2D eigenvalue weighted by atomic mass is 16.5. The lowest BCUT2D eigenvalue weighted by Gasteiger charge is -2.16. The molecule has 5 rings (SSSR count). The molecule has 6 nitrogen and oxygen atoms in total. The van der Waals surface area contributed by atoms with Crippen LogP contribution in [0.4, 0.5) is 0 Å². The Morgan fingerprint density at radius 1 is 0.550 bits per heavy atom. The van der Waals surface area contributed by atoms with Gasteiger partial charge in [0.05, 0.1) is 11.1 Å². The van der Waals surface area contributed by atoms with Crippen LogP contribution in [0.1, 0.15) is 59.2 Å². The molecule has 6 heteroatoms. The summed E-state index contributed by atoms with van der Waals surface area (Å²) in [7, 11) is 0. The summed E-state index contributed by atoms with van der Waals surface area (Å²) in [5.41, 5.74) is 1.70. The Balaban J connectivity index is 1.39. The summed E-state index contributed by atoms with van der Waals surface area (Å²) >= 11 is 0. The zero-order chi connectivity index (χ0) is 27.7. The van der Waals surface area contributed by atoms with E-state index in [4.69, 9.17) is 9.47 Å². The predicted molar refractivity (Wildman–Crippen MR) is 160 cm³/mol. The lowest BCUT2D eigenvalue weighted by Crippen LogP contribution is -2.25. The fourth-order valence-corrected chi connectivity index (χ4v) is 4.99. The van der Waals surface area contributed by atoms with Gasteiger partial charge in [0.2, 0.25) is 0 Å². The average molecular weight is 537 g/mol. The number of hydrogen-bond acceptors (Lipinski definition) is 4. The molecule has 2 amide bonds. The number of rotatable bonds is 0. The molecule has 0 bridgehead atoms. The standard InChI is InChI=1S/C34H36N2O4/c1-24-22-39-31-20-27-14-8-6-12-25(27)18-29(31)33(37)35-16-10-4-2-3-5-11-17-36-34(38)30-19-26-13-7-9-15-28(26)21-32(30)40-23-24/h6-9,12-15,18-21H,1-5,10-11,16-17,22-23H2,(H,35,37)(H,36,38). The molecule has 206 valence electrons. The van der Waals surface area contributed by atoms with E-state index >= 15 is 0 Å². The molecule has 40 heavy (non-hydrogen) atoms. The molecule has 1 heterocycles. The highest BCUT2D eigenvalue weighted by Gasteiger charge is 2.17. The van der Waals surface area contributed by atoms with Gasteiger partial charge < -0.3 is 20.1 Å². The number of benzene rings is 4. The Labute approximate surface area is 235 Å². The van der Waals surface area contributed by atoms with E-state index in [0.29, 0.717) is 41.3 Å². The topological polar surface area (TPSA) is 76.7 Å². The maximum absolute atomic E-state index is 13.1. The predicted octanol–water partition coefficient (Wildman–Crippen LogP) is 6.82. The first kappa shape index (κ1) is 27.3. The maximum Gasteiger partial charge on any atom is 0.255 e. The van der Waals surface area contributed by atoms with Crippen LogP contribution in [0.25, 0.3) is 21.5 Å². The number of fused-ring (bicyclic) bond motifs is 4. The molecule has 0 spiro atoms. The van der Waals surface area contributed by atoms with Crippen LogP contribution >= 0.6 is 0 Å². The fraction of sp³-hybridized carbons (Fsp3) is 0.294. The first-order chi connectivity index (χ1) is 19.6. The normalized spacial score (nSPS) is 16.4. The van der Waals surface area contributed by atoms with Gasteiger partial charge in [-0.1, -0.05) is 80.8 Å². The summed E-state index contributed by atoms with van der Waals surface area (Å²) in [6, 6.07) is 23.4. The summed E-state index contributed by atoms with van der Waals surface area (Å²) in [4.78, 5) is 26.3. The molecular formula is C34H36N2O4. The molecule has 1 aliphatic rings. The van der Waals surface area contributed by atoms with Crippen LogP contribution in [-0.2, 0) is 0 Å². The molecular weight excluding hydrogens is 500 g/mol. The van der Waals surface area contributed by atoms with E-state index in [0.717, 1.165) is 60.1 Å². The summed E-state index contributed by atoms with van der Waals surface area (Å²) in [5.74, 6) is 0.737. The van der Waals surface area contributed by atoms with Crippen molar-refractivity contribution in [2.75, 3.05) is 26.3 Å². The third-order valence-electron chi connectivity index (χ3n) is 7.22. The van der Waals surface area contributed by atoms with Gasteiger partial charge in [0.15, 0.2) is 0 Å². The highest BCUT2D eigenvalue weighted by molar-refractivity contribution is 6.02. The molecule has 0 unspecified atom stereocenters. The van der Waals surface area contributed by atoms with Crippen LogP contribution in [0.2, 0.25) is 0 Å². The Morgan fingerprint density at radius 2 is 0.925 bits per heavy atom. The Kier molecular flexibility index (Phi) is 8.96. The second-order valence-electron chi connectivity index (χ2n) is 10.4. The lowest BCUT2D eigenvalue weighted by molar-refractivity contribution is 0.0941. The monoisotopic (exact) mass is 536 g/mol. The second-order valence-corrected chi connectivity index (χ2v) is 10.4. The van der Waals surface area contributed by atoms with Crippen molar-refractivity contribution in [2.45, 2.75) is 38.5 Å². The van der Waals surface area contributed by atoms with Gasteiger partial charge in [-0.15, -0.1) is 0 Å². The molecule has 0 atom stereocenters. The van der Waals surface area contributed by atoms with Crippen molar-refractivity contribution in [3.63, 3.8) is 0 Å². The van der Waals surface area contributed by atoms with E-state index in [1.807, 2.05) is 72.8 Å². The van der Waals surface area contributed by atoms with Gasteiger partial charge in [0.25, 0.3) is 11.8 Å². The molecule has 0 aliphatic carbocycles. The largest absolute Gasteiger partial charge is 0.488 e. The SMILES string of the molecule is C=C1COc2cc3ccccc3cc2C(=O)NCCCCCCCCNC(=O)c2cc3ccccc3cc2OC1. The van der Waals surface area contributed by atoms with Crippen molar-refractivity contribution in [2.24, 2.45) is 0 Å². The number of carbonyl (C=O) groups is 2. The number of carbonyl (C=O) groups excluding carboxylic acids is 2. The molecule has 0 aromatic heterocycles. The van der Waals surface area contributed by atoms with E-state index < -0.39 is 0 Å². The Bertz CT molecular complexity index is 1410. The van der Waals surface area contributed by atoms with Gasteiger partial charge >= 0.3 is 0 Å². The molecule has 4 aromatic rings. The Morgan fingerprint density at radius 3 is 1.35 bits per heavy atom. The first-order valence-electron chi connectivity index (χ1n) is 14.1. The molecule has 0 saturated heterocycles. The lowest BCUT2D eigenvalue weighted by atomic mass is 10.0. The molecule has 0 fully saturated rings. The van der Waals surface area contributed by atoms with E-state index in [9.17, 15) is 9.59 Å². The van der Waals surface area contributed by atoms with Crippen LogP contribution in [-0.4, -0.2) is 38.1 Å². The van der Waals surface area contributed by atoms with Crippen LogP contribution in [0.3, 0.4) is 0 Å². The maximum atomic E-state index is 13.1. The molecule has 4 aromatic carbocycles. The number of nitrogens with one attached hydrogen (secondary N) is 2. The molecule has 2 N–H and O–H groups in total. The summed E-state index contributed by atoms with van der Waals surface area (Å²) < 4.78 is 12.3. The molecule has 0 radical (unpaired) electrons. The van der Waals surface area contributed by atoms with Gasteiger partial charge in [-0.05, 0) is 64.2 Å². The summed E-state index contributed by atoms with van der Waals surface area (Å²) in [5, 5.41) is 10.1. The van der Waals surface area contributed by atoms with Crippen molar-refractivity contribution < 1.29 is 19.1 Å². The van der Waals surface area contributed by atoms with Crippen LogP contribution < -0.4 is 20.1 Å². The van der Waals surface area contributed by atoms with Crippen molar-refractivity contribution in [1.29, 1.82) is 0 Å². The van der Waals surface area contributed by atoms with Gasteiger partial charge in [-0.25, -0.2) is 0 Å². The van der Waals surface area contributed by atoms with Gasteiger partial charge in [0.1, 0.15) is 24.7 Å². The van der Waals surface area contributed by atoms with Gasteiger partial charge in [0, 0.05) is 13.1 Å². The van der Waals surface area contributed by atoms with Crippen molar-refractivity contribution in [1.82, 2.24) is 10.6 Å². The fourth-order valence-electron chi connectivity index (χ4n) is 4.99. The zero-order valence-corrected chi connectivity index (χ0v) is 22.8. The van der Waals surface area contributed by atoms with Crippen molar-refractivity contribution in [3.05, 3.63) is 96.1 Å². The van der Waals surface area contributed by atoms with Crippen molar-refractivity contribution in [3.8, 4) is 11.5 Å². The second kappa shape index (κ2) is 13.2.